The van der Waals surface area contributed by atoms with Crippen LogP contribution in [-0.4, -0.2) is 39.3 Å². The van der Waals surface area contributed by atoms with Gasteiger partial charge < -0.3 is 10.0 Å². The van der Waals surface area contributed by atoms with E-state index in [1.165, 1.54) is 4.90 Å². The first-order valence-electron chi connectivity index (χ1n) is 6.83. The van der Waals surface area contributed by atoms with E-state index >= 15 is 0 Å². The van der Waals surface area contributed by atoms with E-state index in [0.29, 0.717) is 22.2 Å². The van der Waals surface area contributed by atoms with Gasteiger partial charge in [-0.05, 0) is 36.2 Å². The summed E-state index contributed by atoms with van der Waals surface area (Å²) in [5, 5.41) is 18.1. The topological polar surface area (TPSA) is 69.2 Å². The van der Waals surface area contributed by atoms with Crippen molar-refractivity contribution >= 4 is 29.1 Å². The maximum atomic E-state index is 12.5. The van der Waals surface area contributed by atoms with Gasteiger partial charge in [0.2, 0.25) is 0 Å². The van der Waals surface area contributed by atoms with Crippen LogP contribution in [0.15, 0.2) is 18.2 Å². The monoisotopic (exact) mass is 339 g/mol. The first-order valence-corrected chi connectivity index (χ1v) is 7.59. The van der Waals surface area contributed by atoms with Crippen molar-refractivity contribution in [1.29, 1.82) is 0 Å². The third-order valence-corrected chi connectivity index (χ3v) is 4.51. The first kappa shape index (κ1) is 15.3. The van der Waals surface area contributed by atoms with Gasteiger partial charge in [0.1, 0.15) is 5.69 Å². The van der Waals surface area contributed by atoms with Gasteiger partial charge in [0, 0.05) is 29.2 Å². The number of carbonyl (C=O) groups is 1. The van der Waals surface area contributed by atoms with E-state index in [9.17, 15) is 9.90 Å². The van der Waals surface area contributed by atoms with E-state index < -0.39 is 12.1 Å². The fourth-order valence-corrected chi connectivity index (χ4v) is 3.52. The van der Waals surface area contributed by atoms with Gasteiger partial charge in [-0.3, -0.25) is 9.89 Å². The molecule has 0 saturated heterocycles. The number of rotatable bonds is 2. The Kier molecular flexibility index (Phi) is 3.89. The number of hydrogen-bond donors (Lipinski definition) is 2. The molecular weight excluding hydrogens is 325 g/mol. The molecule has 2 N–H and O–H groups in total. The van der Waals surface area contributed by atoms with Gasteiger partial charge >= 0.3 is 0 Å². The van der Waals surface area contributed by atoms with Gasteiger partial charge in [0.15, 0.2) is 0 Å². The lowest BCUT2D eigenvalue weighted by atomic mass is 10.1. The second-order valence-electron chi connectivity index (χ2n) is 5.52. The molecule has 1 aliphatic rings. The van der Waals surface area contributed by atoms with E-state index in [4.69, 9.17) is 23.2 Å². The summed E-state index contributed by atoms with van der Waals surface area (Å²) in [6, 6.07) is 4.58. The van der Waals surface area contributed by atoms with Crippen molar-refractivity contribution in [3.05, 3.63) is 50.8 Å². The Bertz CT molecular complexity index is 744. The molecule has 0 fully saturated rings. The summed E-state index contributed by atoms with van der Waals surface area (Å²) in [7, 11) is 1.64. The molecule has 1 aromatic carbocycles. The van der Waals surface area contributed by atoms with Gasteiger partial charge in [0.25, 0.3) is 5.91 Å². The molecule has 1 heterocycles. The Labute approximate surface area is 137 Å². The normalized spacial score (nSPS) is 20.0. The zero-order valence-electron chi connectivity index (χ0n) is 12.1. The molecule has 0 radical (unpaired) electrons. The van der Waals surface area contributed by atoms with Gasteiger partial charge in [-0.2, -0.15) is 5.10 Å². The number of nitrogens with zero attached hydrogens (tertiary/aromatic N) is 2. The Morgan fingerprint density at radius 1 is 1.41 bits per heavy atom. The molecule has 1 amide bonds. The predicted molar refractivity (Wildman–Crippen MR) is 84.3 cm³/mol. The Morgan fingerprint density at radius 3 is 2.77 bits per heavy atom. The van der Waals surface area contributed by atoms with E-state index in [1.54, 1.807) is 25.2 Å². The third-order valence-electron chi connectivity index (χ3n) is 3.95. The van der Waals surface area contributed by atoms with Crippen molar-refractivity contribution in [3.8, 4) is 0 Å². The van der Waals surface area contributed by atoms with Gasteiger partial charge in [0.05, 0.1) is 12.1 Å². The minimum atomic E-state index is -0.722. The molecule has 7 heteroatoms. The summed E-state index contributed by atoms with van der Waals surface area (Å²) < 4.78 is 0. The highest BCUT2D eigenvalue weighted by Gasteiger charge is 2.38. The van der Waals surface area contributed by atoms with Crippen LogP contribution in [0.25, 0.3) is 0 Å². The molecule has 0 bridgehead atoms. The number of aromatic amines is 1. The van der Waals surface area contributed by atoms with Crippen LogP contribution >= 0.6 is 23.2 Å². The zero-order chi connectivity index (χ0) is 16.0. The molecule has 116 valence electrons. The number of H-pyrrole nitrogens is 1. The highest BCUT2D eigenvalue weighted by Crippen LogP contribution is 2.41. The lowest BCUT2D eigenvalue weighted by Gasteiger charge is -2.27. The highest BCUT2D eigenvalue weighted by molar-refractivity contribution is 6.35. The molecular formula is C15H15Cl2N3O2. The fraction of sp³-hybridized carbons (Fsp3) is 0.333. The Hall–Kier alpha value is -1.56. The van der Waals surface area contributed by atoms with Gasteiger partial charge in [-0.1, -0.05) is 23.2 Å². The number of nitrogens with one attached hydrogen (secondary N) is 1. The number of amides is 1. The lowest BCUT2D eigenvalue weighted by Crippen LogP contribution is -2.36. The lowest BCUT2D eigenvalue weighted by molar-refractivity contribution is 0.0492. The quantitative estimate of drug-likeness (QED) is 0.883. The Balaban J connectivity index is 1.97. The van der Waals surface area contributed by atoms with Crippen molar-refractivity contribution in [3.63, 3.8) is 0 Å². The average Bonchev–Trinajstić information content (AvgIpc) is 3.01. The molecule has 2 atom stereocenters. The summed E-state index contributed by atoms with van der Waals surface area (Å²) >= 11 is 12.3. The van der Waals surface area contributed by atoms with E-state index in [0.717, 1.165) is 16.8 Å². The van der Waals surface area contributed by atoms with E-state index in [1.807, 2.05) is 6.92 Å². The first-order chi connectivity index (χ1) is 10.4. The van der Waals surface area contributed by atoms with Crippen molar-refractivity contribution in [2.45, 2.75) is 25.5 Å². The van der Waals surface area contributed by atoms with Crippen LogP contribution in [-0.2, 0) is 6.42 Å². The minimum Gasteiger partial charge on any atom is -0.390 e. The summed E-state index contributed by atoms with van der Waals surface area (Å²) in [4.78, 5) is 14.0. The summed E-state index contributed by atoms with van der Waals surface area (Å²) in [6.45, 7) is 1.82. The van der Waals surface area contributed by atoms with E-state index in [2.05, 4.69) is 10.2 Å². The van der Waals surface area contributed by atoms with E-state index in [-0.39, 0.29) is 5.91 Å². The number of benzene rings is 1. The molecule has 0 saturated carbocycles. The molecule has 0 spiro atoms. The molecule has 1 aliphatic carbocycles. The summed E-state index contributed by atoms with van der Waals surface area (Å²) in [5.74, 6) is -0.266. The molecule has 0 unspecified atom stereocenters. The molecule has 3 rings (SSSR count). The number of carbonyl (C=O) groups excluding carboxylic acids is 1. The number of aliphatic hydroxyl groups excluding tert-OH is 1. The standard InChI is InChI=1S/C15H15Cl2N3O2/c1-7-3-12(19-18-7)15(22)20(2)14-10-4-8(16)5-11(17)9(10)6-13(14)21/h3-5,13-14,21H,6H2,1-2H3,(H,18,19)/t13-,14+/m0/s1. The maximum absolute atomic E-state index is 12.5. The van der Waals surface area contributed by atoms with Gasteiger partial charge in [-0.25, -0.2) is 0 Å². The number of halogens is 2. The molecule has 1 aromatic heterocycles. The molecule has 2 aromatic rings. The zero-order valence-corrected chi connectivity index (χ0v) is 13.6. The van der Waals surface area contributed by atoms with Crippen LogP contribution in [0.5, 0.6) is 0 Å². The maximum Gasteiger partial charge on any atom is 0.274 e. The summed E-state index contributed by atoms with van der Waals surface area (Å²) in [6.07, 6.45) is -0.326. The van der Waals surface area contributed by atoms with Gasteiger partial charge in [-0.15, -0.1) is 0 Å². The molecule has 22 heavy (non-hydrogen) atoms. The van der Waals surface area contributed by atoms with Crippen LogP contribution in [0.2, 0.25) is 10.0 Å². The number of hydrogen-bond acceptors (Lipinski definition) is 3. The van der Waals surface area contributed by atoms with Crippen LogP contribution < -0.4 is 0 Å². The van der Waals surface area contributed by atoms with Crippen molar-refractivity contribution in [2.75, 3.05) is 7.05 Å². The minimum absolute atomic E-state index is 0.266. The fourth-order valence-electron chi connectivity index (χ4n) is 2.93. The van der Waals surface area contributed by atoms with Crippen molar-refractivity contribution in [1.82, 2.24) is 15.1 Å². The SMILES string of the molecule is Cc1cc(C(=O)N(C)[C@@H]2c3cc(Cl)cc(Cl)c3C[C@@H]2O)n[nH]1. The number of aryl methyl sites for hydroxylation is 1. The molecule has 5 nitrogen and oxygen atoms in total. The summed E-state index contributed by atoms with van der Waals surface area (Å²) in [5.41, 5.74) is 2.73. The largest absolute Gasteiger partial charge is 0.390 e. The predicted octanol–water partition coefficient (Wildman–Crippen LogP) is 2.76. The highest BCUT2D eigenvalue weighted by atomic mass is 35.5. The van der Waals surface area contributed by atoms with Crippen molar-refractivity contribution < 1.29 is 9.90 Å². The molecule has 0 aliphatic heterocycles. The third kappa shape index (κ3) is 2.49. The van der Waals surface area contributed by atoms with Crippen molar-refractivity contribution in [2.24, 2.45) is 0 Å². The Morgan fingerprint density at radius 2 is 2.14 bits per heavy atom. The second kappa shape index (κ2) is 5.57. The smallest absolute Gasteiger partial charge is 0.274 e. The van der Waals surface area contributed by atoms with Crippen LogP contribution in [0, 0.1) is 6.92 Å². The van der Waals surface area contributed by atoms with Crippen LogP contribution in [0.4, 0.5) is 0 Å². The average molecular weight is 340 g/mol. The number of aromatic nitrogens is 2. The van der Waals surface area contributed by atoms with Crippen LogP contribution in [0.1, 0.15) is 33.4 Å². The number of likely N-dealkylation sites (N-methyl/N-ethyl adjacent to an activating group) is 1. The number of fused-ring (bicyclic) bond motifs is 1. The van der Waals surface area contributed by atoms with Crippen LogP contribution in [0.3, 0.4) is 0 Å². The number of aliphatic hydroxyl groups is 1. The second-order valence-corrected chi connectivity index (χ2v) is 6.37.